The third-order valence-corrected chi connectivity index (χ3v) is 6.09. The van der Waals surface area contributed by atoms with Gasteiger partial charge in [0.1, 0.15) is 10.9 Å². The van der Waals surface area contributed by atoms with Crippen molar-refractivity contribution in [3.8, 4) is 12.1 Å². The predicted molar refractivity (Wildman–Crippen MR) is 95.3 cm³/mol. The van der Waals surface area contributed by atoms with E-state index in [1.807, 2.05) is 12.1 Å². The number of hydrogen-bond acceptors (Lipinski definition) is 4. The van der Waals surface area contributed by atoms with E-state index in [2.05, 4.69) is 53.7 Å². The quantitative estimate of drug-likeness (QED) is 0.609. The Kier molecular flexibility index (Phi) is 6.81. The average molecular weight is 333 g/mol. The molecule has 1 aromatic rings. The van der Waals surface area contributed by atoms with Crippen molar-refractivity contribution in [3.05, 3.63) is 21.9 Å². The molecule has 1 aromatic heterocycles. The van der Waals surface area contributed by atoms with Crippen molar-refractivity contribution >= 4 is 11.3 Å². The van der Waals surface area contributed by atoms with Crippen LogP contribution in [0.1, 0.15) is 64.1 Å². The number of thiophene rings is 1. The molecule has 126 valence electrons. The molecular weight excluding hydrogens is 304 g/mol. The zero-order valence-corrected chi connectivity index (χ0v) is 16.0. The van der Waals surface area contributed by atoms with Gasteiger partial charge in [0, 0.05) is 11.5 Å². The molecule has 1 unspecified atom stereocenters. The predicted octanol–water partition coefficient (Wildman–Crippen LogP) is 5.27. The maximum atomic E-state index is 9.86. The fourth-order valence-electron chi connectivity index (χ4n) is 2.43. The average Bonchev–Trinajstić information content (AvgIpc) is 2.96. The first kappa shape index (κ1) is 19.7. The Morgan fingerprint density at radius 2 is 1.78 bits per heavy atom. The molecule has 0 spiro atoms. The molecule has 0 saturated carbocycles. The van der Waals surface area contributed by atoms with Crippen molar-refractivity contribution in [1.29, 1.82) is 10.5 Å². The molecular formula is C19H28N2OS. The van der Waals surface area contributed by atoms with Crippen LogP contribution in [0.3, 0.4) is 0 Å². The van der Waals surface area contributed by atoms with Crippen LogP contribution in [0.2, 0.25) is 0 Å². The minimum Gasteiger partial charge on any atom is -0.375 e. The highest BCUT2D eigenvalue weighted by Crippen LogP contribution is 2.40. The Bertz CT molecular complexity index is 589. The van der Waals surface area contributed by atoms with Crippen LogP contribution in [0.25, 0.3) is 0 Å². The van der Waals surface area contributed by atoms with Crippen molar-refractivity contribution < 1.29 is 4.74 Å². The summed E-state index contributed by atoms with van der Waals surface area (Å²) in [5.74, 6) is 0.639. The summed E-state index contributed by atoms with van der Waals surface area (Å²) in [6.07, 6.45) is 1.59. The molecule has 0 N–H and O–H groups in total. The van der Waals surface area contributed by atoms with Crippen molar-refractivity contribution in [3.63, 3.8) is 0 Å². The number of hydrogen-bond donors (Lipinski definition) is 0. The van der Waals surface area contributed by atoms with E-state index < -0.39 is 5.41 Å². The first-order chi connectivity index (χ1) is 10.7. The second-order valence-corrected chi connectivity index (χ2v) is 8.31. The molecule has 0 aliphatic carbocycles. The first-order valence-electron chi connectivity index (χ1n) is 8.25. The number of rotatable bonds is 8. The molecule has 23 heavy (non-hydrogen) atoms. The third-order valence-electron chi connectivity index (χ3n) is 4.92. The smallest absolute Gasteiger partial charge is 0.110 e. The van der Waals surface area contributed by atoms with Gasteiger partial charge in [-0.25, -0.2) is 0 Å². The molecule has 3 nitrogen and oxygen atoms in total. The van der Waals surface area contributed by atoms with Crippen LogP contribution in [-0.4, -0.2) is 12.2 Å². The van der Waals surface area contributed by atoms with Gasteiger partial charge in [-0.2, -0.15) is 10.5 Å². The maximum absolute atomic E-state index is 9.86. The zero-order chi connectivity index (χ0) is 17.7. The van der Waals surface area contributed by atoms with E-state index in [1.165, 1.54) is 11.3 Å². The Hall–Kier alpha value is -1.36. The standard InChI is InChI=1S/C19H28N2OS/c1-14(2)18(5,6)22-11-7-10-19(13-21,15(3)4)17-9-8-16(12-20)23-17/h8-9,14-15H,7,10-11H2,1-6H3. The molecule has 0 amide bonds. The fraction of sp³-hybridized carbons (Fsp3) is 0.684. The van der Waals surface area contributed by atoms with E-state index in [1.54, 1.807) is 0 Å². The number of nitrogens with zero attached hydrogens (tertiary/aromatic N) is 2. The van der Waals surface area contributed by atoms with Gasteiger partial charge < -0.3 is 4.74 Å². The largest absolute Gasteiger partial charge is 0.375 e. The SMILES string of the molecule is CC(C)C(C)(C)OCCCC(C#N)(c1ccc(C#N)s1)C(C)C. The fourth-order valence-corrected chi connectivity index (χ4v) is 3.55. The summed E-state index contributed by atoms with van der Waals surface area (Å²) in [5, 5.41) is 18.9. The van der Waals surface area contributed by atoms with Crippen LogP contribution >= 0.6 is 11.3 Å². The third kappa shape index (κ3) is 4.56. The molecule has 1 heterocycles. The molecule has 4 heteroatoms. The molecule has 0 fully saturated rings. The normalized spacial score (nSPS) is 14.5. The minimum absolute atomic E-state index is 0.149. The van der Waals surface area contributed by atoms with Crippen molar-refractivity contribution in [2.45, 2.75) is 65.4 Å². The van der Waals surface area contributed by atoms with Gasteiger partial charge in [0.15, 0.2) is 0 Å². The van der Waals surface area contributed by atoms with Gasteiger partial charge in [0.25, 0.3) is 0 Å². The Morgan fingerprint density at radius 3 is 2.22 bits per heavy atom. The van der Waals surface area contributed by atoms with Gasteiger partial charge in [-0.15, -0.1) is 11.3 Å². The Morgan fingerprint density at radius 1 is 1.13 bits per heavy atom. The number of ether oxygens (including phenoxy) is 1. The zero-order valence-electron chi connectivity index (χ0n) is 15.1. The maximum Gasteiger partial charge on any atom is 0.110 e. The lowest BCUT2D eigenvalue weighted by atomic mass is 9.74. The van der Waals surface area contributed by atoms with Crippen LogP contribution in [0.4, 0.5) is 0 Å². The molecule has 0 aliphatic rings. The lowest BCUT2D eigenvalue weighted by molar-refractivity contribution is -0.0526. The summed E-state index contributed by atoms with van der Waals surface area (Å²) in [4.78, 5) is 1.66. The molecule has 0 bridgehead atoms. The van der Waals surface area contributed by atoms with E-state index in [0.717, 1.165) is 17.7 Å². The highest BCUT2D eigenvalue weighted by Gasteiger charge is 2.37. The summed E-state index contributed by atoms with van der Waals surface area (Å²) in [6, 6.07) is 8.45. The van der Waals surface area contributed by atoms with Crippen LogP contribution < -0.4 is 0 Å². The molecule has 1 atom stereocenters. The minimum atomic E-state index is -0.537. The van der Waals surface area contributed by atoms with E-state index >= 15 is 0 Å². The van der Waals surface area contributed by atoms with Crippen LogP contribution in [0.5, 0.6) is 0 Å². The van der Waals surface area contributed by atoms with Gasteiger partial charge in [0.05, 0.1) is 17.1 Å². The van der Waals surface area contributed by atoms with Crippen LogP contribution in [0, 0.1) is 34.5 Å². The Labute approximate surface area is 144 Å². The van der Waals surface area contributed by atoms with Gasteiger partial charge in [-0.1, -0.05) is 27.7 Å². The monoisotopic (exact) mass is 332 g/mol. The summed E-state index contributed by atoms with van der Waals surface area (Å²) >= 11 is 1.44. The van der Waals surface area contributed by atoms with Crippen molar-refractivity contribution in [2.75, 3.05) is 6.61 Å². The molecule has 0 radical (unpaired) electrons. The van der Waals surface area contributed by atoms with Crippen LogP contribution in [0.15, 0.2) is 12.1 Å². The van der Waals surface area contributed by atoms with E-state index in [0.29, 0.717) is 17.4 Å². The number of nitriles is 2. The Balaban J connectivity index is 2.81. The van der Waals surface area contributed by atoms with Gasteiger partial charge >= 0.3 is 0 Å². The second-order valence-electron chi connectivity index (χ2n) is 7.22. The van der Waals surface area contributed by atoms with Gasteiger partial charge in [0.2, 0.25) is 0 Å². The van der Waals surface area contributed by atoms with Crippen LogP contribution in [-0.2, 0) is 10.2 Å². The second kappa shape index (κ2) is 7.95. The van der Waals surface area contributed by atoms with Crippen molar-refractivity contribution in [1.82, 2.24) is 0 Å². The topological polar surface area (TPSA) is 56.8 Å². The lowest BCUT2D eigenvalue weighted by Gasteiger charge is -2.32. The van der Waals surface area contributed by atoms with Crippen molar-refractivity contribution in [2.24, 2.45) is 11.8 Å². The van der Waals surface area contributed by atoms with Gasteiger partial charge in [-0.05, 0) is 50.7 Å². The first-order valence-corrected chi connectivity index (χ1v) is 9.07. The molecule has 1 rings (SSSR count). The van der Waals surface area contributed by atoms with E-state index in [9.17, 15) is 5.26 Å². The summed E-state index contributed by atoms with van der Waals surface area (Å²) in [6.45, 7) is 13.3. The molecule has 0 aliphatic heterocycles. The summed E-state index contributed by atoms with van der Waals surface area (Å²) in [5.41, 5.74) is -0.685. The summed E-state index contributed by atoms with van der Waals surface area (Å²) < 4.78 is 6.01. The van der Waals surface area contributed by atoms with E-state index in [4.69, 9.17) is 10.00 Å². The highest BCUT2D eigenvalue weighted by molar-refractivity contribution is 7.12. The van der Waals surface area contributed by atoms with E-state index in [-0.39, 0.29) is 11.5 Å². The summed E-state index contributed by atoms with van der Waals surface area (Å²) in [7, 11) is 0. The highest BCUT2D eigenvalue weighted by atomic mass is 32.1. The lowest BCUT2D eigenvalue weighted by Crippen LogP contribution is -2.33. The molecule has 0 aromatic carbocycles. The molecule has 0 saturated heterocycles. The van der Waals surface area contributed by atoms with Gasteiger partial charge in [-0.3, -0.25) is 0 Å².